The van der Waals surface area contributed by atoms with Gasteiger partial charge in [-0.3, -0.25) is 0 Å². The summed E-state index contributed by atoms with van der Waals surface area (Å²) in [5.41, 5.74) is 6.65. The summed E-state index contributed by atoms with van der Waals surface area (Å²) < 4.78 is 3.43. The highest BCUT2D eigenvalue weighted by molar-refractivity contribution is 14.1. The van der Waals surface area contributed by atoms with Gasteiger partial charge in [0, 0.05) is 18.0 Å². The average molecular weight is 625 g/mol. The fraction of sp³-hybridized carbons (Fsp3) is 0.0435. The molecule has 0 aliphatic carbocycles. The fourth-order valence-electron chi connectivity index (χ4n) is 3.42. The third kappa shape index (κ3) is 3.34. The second-order valence-electron chi connectivity index (χ2n) is 6.09. The van der Waals surface area contributed by atoms with Gasteiger partial charge in [-0.25, -0.2) is 0 Å². The zero-order chi connectivity index (χ0) is 18.1. The van der Waals surface area contributed by atoms with E-state index in [1.165, 1.54) is 42.2 Å². The van der Waals surface area contributed by atoms with Crippen LogP contribution in [0.4, 0.5) is 0 Å². The Bertz CT molecular complexity index is 1070. The lowest BCUT2D eigenvalue weighted by Crippen LogP contribution is -1.97. The summed E-state index contributed by atoms with van der Waals surface area (Å²) >= 11 is 8.59. The molecule has 0 aromatic heterocycles. The molecule has 0 radical (unpaired) electrons. The van der Waals surface area contributed by atoms with E-state index >= 15 is 0 Å². The highest BCUT2D eigenvalue weighted by atomic mass is 127. The first-order valence-electron chi connectivity index (χ1n) is 8.31. The van der Waals surface area contributed by atoms with Gasteiger partial charge in [0.25, 0.3) is 0 Å². The molecule has 26 heavy (non-hydrogen) atoms. The largest absolute Gasteiger partial charge is 0.0811 e. The van der Waals surface area contributed by atoms with Gasteiger partial charge in [-0.1, -0.05) is 105 Å². The molecule has 0 atom stereocenters. The van der Waals surface area contributed by atoms with Crippen LogP contribution in [-0.2, 0) is 4.43 Å². The Hall–Kier alpha value is -0.920. The molecule has 4 rings (SSSR count). The van der Waals surface area contributed by atoms with Crippen molar-refractivity contribution in [3.05, 3.63) is 92.5 Å². The SMILES string of the molecule is Brc1ccc(-c2c(CI)c(I)c(-c3ccccc3)c3ccccc23)cc1. The van der Waals surface area contributed by atoms with Crippen molar-refractivity contribution >= 4 is 71.9 Å². The van der Waals surface area contributed by atoms with Crippen LogP contribution in [0.5, 0.6) is 0 Å². The molecule has 0 nitrogen and oxygen atoms in total. The lowest BCUT2D eigenvalue weighted by atomic mass is 9.88. The second-order valence-corrected chi connectivity index (χ2v) is 8.85. The van der Waals surface area contributed by atoms with Crippen LogP contribution in [0.25, 0.3) is 33.0 Å². The maximum Gasteiger partial charge on any atom is 0.0264 e. The molecule has 0 spiro atoms. The zero-order valence-electron chi connectivity index (χ0n) is 13.8. The fourth-order valence-corrected chi connectivity index (χ4v) is 6.24. The predicted molar refractivity (Wildman–Crippen MR) is 133 cm³/mol. The second kappa shape index (κ2) is 7.98. The Kier molecular flexibility index (Phi) is 5.66. The van der Waals surface area contributed by atoms with Gasteiger partial charge in [-0.2, -0.15) is 0 Å². The van der Waals surface area contributed by atoms with Gasteiger partial charge in [0.15, 0.2) is 0 Å². The molecular formula is C23H15BrI2. The standard InChI is InChI=1S/C23H15BrI2/c24-17-12-10-16(11-13-17)21-18-8-4-5-9-19(18)22(23(26)20(21)14-25)15-6-2-1-3-7-15/h1-13H,14H2. The molecule has 4 aromatic carbocycles. The van der Waals surface area contributed by atoms with Crippen molar-refractivity contribution in [3.8, 4) is 22.3 Å². The minimum atomic E-state index is 0.978. The molecule has 0 fully saturated rings. The van der Waals surface area contributed by atoms with Crippen LogP contribution in [0.2, 0.25) is 0 Å². The quantitative estimate of drug-likeness (QED) is 0.158. The lowest BCUT2D eigenvalue weighted by Gasteiger charge is -2.19. The first-order valence-corrected chi connectivity index (χ1v) is 11.7. The minimum Gasteiger partial charge on any atom is -0.0811 e. The molecule has 0 N–H and O–H groups in total. The van der Waals surface area contributed by atoms with Gasteiger partial charge < -0.3 is 0 Å². The number of halogens is 3. The van der Waals surface area contributed by atoms with Crippen LogP contribution in [0, 0.1) is 3.57 Å². The van der Waals surface area contributed by atoms with Crippen LogP contribution in [0.1, 0.15) is 5.56 Å². The number of benzene rings is 4. The van der Waals surface area contributed by atoms with E-state index in [-0.39, 0.29) is 0 Å². The molecule has 4 aromatic rings. The van der Waals surface area contributed by atoms with E-state index in [4.69, 9.17) is 0 Å². The van der Waals surface area contributed by atoms with E-state index < -0.39 is 0 Å². The van der Waals surface area contributed by atoms with Crippen LogP contribution < -0.4 is 0 Å². The topological polar surface area (TPSA) is 0 Å². The Balaban J connectivity index is 2.13. The predicted octanol–water partition coefficient (Wildman–Crippen LogP) is 8.48. The molecule has 0 aliphatic heterocycles. The molecule has 0 saturated carbocycles. The van der Waals surface area contributed by atoms with Crippen LogP contribution >= 0.6 is 61.1 Å². The molecule has 3 heteroatoms. The molecule has 128 valence electrons. The number of fused-ring (bicyclic) bond motifs is 1. The van der Waals surface area contributed by atoms with Gasteiger partial charge in [0.05, 0.1) is 0 Å². The summed E-state index contributed by atoms with van der Waals surface area (Å²) in [5, 5.41) is 2.63. The third-order valence-electron chi connectivity index (χ3n) is 4.58. The van der Waals surface area contributed by atoms with Crippen molar-refractivity contribution in [3.63, 3.8) is 0 Å². The molecule has 0 saturated heterocycles. The van der Waals surface area contributed by atoms with Crippen LogP contribution in [0.3, 0.4) is 0 Å². The van der Waals surface area contributed by atoms with E-state index in [2.05, 4.69) is 140 Å². The zero-order valence-corrected chi connectivity index (χ0v) is 19.7. The highest BCUT2D eigenvalue weighted by Crippen LogP contribution is 2.43. The molecule has 0 bridgehead atoms. The summed E-state index contributed by atoms with van der Waals surface area (Å²) in [6.45, 7) is 0. The van der Waals surface area contributed by atoms with Gasteiger partial charge >= 0.3 is 0 Å². The molecule has 0 amide bonds. The van der Waals surface area contributed by atoms with Crippen LogP contribution in [-0.4, -0.2) is 0 Å². The summed E-state index contributed by atoms with van der Waals surface area (Å²) in [6.07, 6.45) is 0. The molecule has 0 aliphatic rings. The normalized spacial score (nSPS) is 11.0. The molecule has 0 unspecified atom stereocenters. The Morgan fingerprint density at radius 3 is 1.81 bits per heavy atom. The first kappa shape index (κ1) is 18.4. The smallest absolute Gasteiger partial charge is 0.0264 e. The van der Waals surface area contributed by atoms with Gasteiger partial charge in [0.1, 0.15) is 0 Å². The van der Waals surface area contributed by atoms with Crippen molar-refractivity contribution in [1.29, 1.82) is 0 Å². The van der Waals surface area contributed by atoms with Crippen molar-refractivity contribution in [2.75, 3.05) is 0 Å². The maximum absolute atomic E-state index is 3.56. The molecular weight excluding hydrogens is 610 g/mol. The van der Waals surface area contributed by atoms with Crippen molar-refractivity contribution in [2.45, 2.75) is 4.43 Å². The highest BCUT2D eigenvalue weighted by Gasteiger charge is 2.19. The van der Waals surface area contributed by atoms with Crippen LogP contribution in [0.15, 0.2) is 83.3 Å². The first-order chi connectivity index (χ1) is 12.7. The summed E-state index contributed by atoms with van der Waals surface area (Å²) in [7, 11) is 0. The van der Waals surface area contributed by atoms with Crippen molar-refractivity contribution in [1.82, 2.24) is 0 Å². The van der Waals surface area contributed by atoms with Gasteiger partial charge in [-0.05, 0) is 67.7 Å². The van der Waals surface area contributed by atoms with E-state index in [1.807, 2.05) is 0 Å². The van der Waals surface area contributed by atoms with Crippen molar-refractivity contribution in [2.24, 2.45) is 0 Å². The lowest BCUT2D eigenvalue weighted by molar-refractivity contribution is 1.42. The van der Waals surface area contributed by atoms with Crippen molar-refractivity contribution < 1.29 is 0 Å². The monoisotopic (exact) mass is 624 g/mol. The summed E-state index contributed by atoms with van der Waals surface area (Å²) in [5.74, 6) is 0. The average Bonchev–Trinajstić information content (AvgIpc) is 2.68. The number of alkyl halides is 1. The van der Waals surface area contributed by atoms with E-state index in [9.17, 15) is 0 Å². The van der Waals surface area contributed by atoms with E-state index in [0.717, 1.165) is 8.90 Å². The number of hydrogen-bond donors (Lipinski definition) is 0. The van der Waals surface area contributed by atoms with Gasteiger partial charge in [-0.15, -0.1) is 0 Å². The van der Waals surface area contributed by atoms with E-state index in [0.29, 0.717) is 0 Å². The third-order valence-corrected chi connectivity index (χ3v) is 7.06. The van der Waals surface area contributed by atoms with Gasteiger partial charge in [0.2, 0.25) is 0 Å². The number of rotatable bonds is 3. The summed E-state index contributed by atoms with van der Waals surface area (Å²) in [6, 6.07) is 28.2. The Labute approximate surface area is 189 Å². The van der Waals surface area contributed by atoms with E-state index in [1.54, 1.807) is 0 Å². The Morgan fingerprint density at radius 2 is 1.19 bits per heavy atom. The maximum atomic E-state index is 3.56. The summed E-state index contributed by atoms with van der Waals surface area (Å²) in [4.78, 5) is 0. The Morgan fingerprint density at radius 1 is 0.654 bits per heavy atom. The minimum absolute atomic E-state index is 0.978. The number of hydrogen-bond acceptors (Lipinski definition) is 0. The molecule has 0 heterocycles.